The third-order valence-corrected chi connectivity index (χ3v) is 4.60. The predicted molar refractivity (Wildman–Crippen MR) is 99.5 cm³/mol. The van der Waals surface area contributed by atoms with Crippen LogP contribution in [0.4, 0.5) is 10.1 Å². The van der Waals surface area contributed by atoms with Gasteiger partial charge in [-0.05, 0) is 50.1 Å². The zero-order chi connectivity index (χ0) is 18.5. The molecule has 0 radical (unpaired) electrons. The SMILES string of the molecule is CC(=O)c1ccc(NC(=O)CCN(Cc2ccccc2F)C2CC2)cc1. The second-order valence-electron chi connectivity index (χ2n) is 6.72. The van der Waals surface area contributed by atoms with Gasteiger partial charge in [0.25, 0.3) is 0 Å². The molecule has 0 heterocycles. The second kappa shape index (κ2) is 8.23. The molecule has 136 valence electrons. The molecule has 5 heteroatoms. The number of rotatable bonds is 8. The zero-order valence-corrected chi connectivity index (χ0v) is 14.9. The number of ketones is 1. The van der Waals surface area contributed by atoms with Gasteiger partial charge in [-0.25, -0.2) is 4.39 Å². The highest BCUT2D eigenvalue weighted by atomic mass is 19.1. The molecule has 0 aromatic heterocycles. The Morgan fingerprint density at radius 2 is 1.81 bits per heavy atom. The lowest BCUT2D eigenvalue weighted by Gasteiger charge is -2.22. The number of amides is 1. The van der Waals surface area contributed by atoms with Gasteiger partial charge in [-0.15, -0.1) is 0 Å². The van der Waals surface area contributed by atoms with Crippen LogP contribution in [0.1, 0.15) is 42.1 Å². The molecule has 1 amide bonds. The number of halogens is 1. The topological polar surface area (TPSA) is 49.4 Å². The molecular weight excluding hydrogens is 331 g/mol. The molecular formula is C21H23FN2O2. The molecule has 0 bridgehead atoms. The monoisotopic (exact) mass is 354 g/mol. The molecule has 0 atom stereocenters. The van der Waals surface area contributed by atoms with Gasteiger partial charge in [0.1, 0.15) is 5.82 Å². The fourth-order valence-electron chi connectivity index (χ4n) is 2.93. The van der Waals surface area contributed by atoms with Crippen molar-refractivity contribution in [3.8, 4) is 0 Å². The van der Waals surface area contributed by atoms with E-state index in [2.05, 4.69) is 10.2 Å². The Labute approximate surface area is 153 Å². The van der Waals surface area contributed by atoms with Gasteiger partial charge in [-0.3, -0.25) is 14.5 Å². The molecule has 1 aliphatic carbocycles. The molecule has 2 aromatic carbocycles. The van der Waals surface area contributed by atoms with Crippen LogP contribution in [0, 0.1) is 5.82 Å². The molecule has 0 aliphatic heterocycles. The summed E-state index contributed by atoms with van der Waals surface area (Å²) in [6, 6.07) is 14.1. The summed E-state index contributed by atoms with van der Waals surface area (Å²) in [5.41, 5.74) is 1.96. The minimum absolute atomic E-state index is 0.00361. The highest BCUT2D eigenvalue weighted by Crippen LogP contribution is 2.29. The maximum Gasteiger partial charge on any atom is 0.225 e. The van der Waals surface area contributed by atoms with Crippen molar-refractivity contribution in [1.82, 2.24) is 4.90 Å². The number of Topliss-reactive ketones (excluding diaryl/α,β-unsaturated/α-hetero) is 1. The van der Waals surface area contributed by atoms with Crippen molar-refractivity contribution in [2.75, 3.05) is 11.9 Å². The first-order valence-electron chi connectivity index (χ1n) is 8.91. The summed E-state index contributed by atoms with van der Waals surface area (Å²) in [7, 11) is 0. The highest BCUT2D eigenvalue weighted by Gasteiger charge is 2.29. The van der Waals surface area contributed by atoms with E-state index in [0.29, 0.717) is 42.4 Å². The van der Waals surface area contributed by atoms with Crippen LogP contribution in [-0.4, -0.2) is 29.2 Å². The summed E-state index contributed by atoms with van der Waals surface area (Å²) >= 11 is 0. The molecule has 0 saturated heterocycles. The third kappa shape index (κ3) is 4.99. The van der Waals surface area contributed by atoms with Crippen LogP contribution < -0.4 is 5.32 Å². The maximum atomic E-state index is 13.9. The molecule has 4 nitrogen and oxygen atoms in total. The molecule has 2 aromatic rings. The lowest BCUT2D eigenvalue weighted by atomic mass is 10.1. The number of benzene rings is 2. The van der Waals surface area contributed by atoms with Crippen LogP contribution in [0.25, 0.3) is 0 Å². The minimum Gasteiger partial charge on any atom is -0.326 e. The average Bonchev–Trinajstić information content (AvgIpc) is 3.45. The summed E-state index contributed by atoms with van der Waals surface area (Å²) in [5, 5.41) is 2.85. The van der Waals surface area contributed by atoms with Crippen molar-refractivity contribution >= 4 is 17.4 Å². The van der Waals surface area contributed by atoms with Crippen LogP contribution in [-0.2, 0) is 11.3 Å². The molecule has 1 saturated carbocycles. The largest absolute Gasteiger partial charge is 0.326 e. The van der Waals surface area contributed by atoms with Gasteiger partial charge in [0.2, 0.25) is 5.91 Å². The van der Waals surface area contributed by atoms with Crippen LogP contribution >= 0.6 is 0 Å². The van der Waals surface area contributed by atoms with Crippen LogP contribution in [0.2, 0.25) is 0 Å². The summed E-state index contributed by atoms with van der Waals surface area (Å²) in [5.74, 6) is -0.288. The Hall–Kier alpha value is -2.53. The van der Waals surface area contributed by atoms with E-state index in [1.54, 1.807) is 36.4 Å². The van der Waals surface area contributed by atoms with Gasteiger partial charge in [0, 0.05) is 42.4 Å². The lowest BCUT2D eigenvalue weighted by Crippen LogP contribution is -2.30. The molecule has 3 rings (SSSR count). The first kappa shape index (κ1) is 18.3. The first-order valence-corrected chi connectivity index (χ1v) is 8.91. The number of nitrogens with one attached hydrogen (secondary N) is 1. The predicted octanol–water partition coefficient (Wildman–Crippen LogP) is 4.02. The van der Waals surface area contributed by atoms with E-state index in [4.69, 9.17) is 0 Å². The van der Waals surface area contributed by atoms with E-state index in [0.717, 1.165) is 12.8 Å². The number of anilines is 1. The van der Waals surface area contributed by atoms with Gasteiger partial charge in [0.15, 0.2) is 5.78 Å². The Kier molecular flexibility index (Phi) is 5.78. The van der Waals surface area contributed by atoms with Crippen LogP contribution in [0.3, 0.4) is 0 Å². The van der Waals surface area contributed by atoms with E-state index in [9.17, 15) is 14.0 Å². The fraction of sp³-hybridized carbons (Fsp3) is 0.333. The third-order valence-electron chi connectivity index (χ3n) is 4.60. The number of hydrogen-bond acceptors (Lipinski definition) is 3. The van der Waals surface area contributed by atoms with Gasteiger partial charge in [0.05, 0.1) is 0 Å². The fourth-order valence-corrected chi connectivity index (χ4v) is 2.93. The maximum absolute atomic E-state index is 13.9. The van der Waals surface area contributed by atoms with Gasteiger partial charge in [-0.2, -0.15) is 0 Å². The minimum atomic E-state index is -0.201. The average molecular weight is 354 g/mol. The Morgan fingerprint density at radius 1 is 1.12 bits per heavy atom. The van der Waals surface area contributed by atoms with Crippen molar-refractivity contribution in [1.29, 1.82) is 0 Å². The summed E-state index contributed by atoms with van der Waals surface area (Å²) in [6.07, 6.45) is 2.55. The van der Waals surface area contributed by atoms with E-state index in [1.165, 1.54) is 13.0 Å². The molecule has 26 heavy (non-hydrogen) atoms. The van der Waals surface area contributed by atoms with Gasteiger partial charge in [-0.1, -0.05) is 18.2 Å². The molecule has 0 spiro atoms. The molecule has 1 N–H and O–H groups in total. The van der Waals surface area contributed by atoms with Crippen LogP contribution in [0.15, 0.2) is 48.5 Å². The molecule has 1 aliphatic rings. The zero-order valence-electron chi connectivity index (χ0n) is 14.9. The number of hydrogen-bond donors (Lipinski definition) is 1. The van der Waals surface area contributed by atoms with E-state index >= 15 is 0 Å². The van der Waals surface area contributed by atoms with Crippen molar-refractivity contribution in [3.05, 3.63) is 65.5 Å². The number of carbonyl (C=O) groups is 2. The first-order chi connectivity index (χ1) is 12.5. The summed E-state index contributed by atoms with van der Waals surface area (Å²) < 4.78 is 13.9. The Morgan fingerprint density at radius 3 is 2.42 bits per heavy atom. The van der Waals surface area contributed by atoms with E-state index < -0.39 is 0 Å². The summed E-state index contributed by atoms with van der Waals surface area (Å²) in [4.78, 5) is 25.7. The van der Waals surface area contributed by atoms with E-state index in [1.807, 2.05) is 6.07 Å². The molecule has 0 unspecified atom stereocenters. The number of carbonyl (C=O) groups excluding carboxylic acids is 2. The van der Waals surface area contributed by atoms with E-state index in [-0.39, 0.29) is 17.5 Å². The highest BCUT2D eigenvalue weighted by molar-refractivity contribution is 5.95. The van der Waals surface area contributed by atoms with Crippen molar-refractivity contribution in [3.63, 3.8) is 0 Å². The second-order valence-corrected chi connectivity index (χ2v) is 6.72. The van der Waals surface area contributed by atoms with Crippen LogP contribution in [0.5, 0.6) is 0 Å². The van der Waals surface area contributed by atoms with Crippen molar-refractivity contribution in [2.45, 2.75) is 38.8 Å². The Bertz CT molecular complexity index is 785. The lowest BCUT2D eigenvalue weighted by molar-refractivity contribution is -0.116. The van der Waals surface area contributed by atoms with Gasteiger partial charge < -0.3 is 5.32 Å². The normalized spacial score (nSPS) is 13.7. The molecule has 1 fully saturated rings. The van der Waals surface area contributed by atoms with Crippen molar-refractivity contribution < 1.29 is 14.0 Å². The standard InChI is InChI=1S/C21H23FN2O2/c1-15(25)16-6-8-18(9-7-16)23-21(26)12-13-24(19-10-11-19)14-17-4-2-3-5-20(17)22/h2-9,19H,10-14H2,1H3,(H,23,26). The smallest absolute Gasteiger partial charge is 0.225 e. The summed E-state index contributed by atoms with van der Waals surface area (Å²) in [6.45, 7) is 2.63. The van der Waals surface area contributed by atoms with Crippen molar-refractivity contribution in [2.24, 2.45) is 0 Å². The Balaban J connectivity index is 1.53. The quantitative estimate of drug-likeness (QED) is 0.729. The van der Waals surface area contributed by atoms with Gasteiger partial charge >= 0.3 is 0 Å². The number of nitrogens with zero attached hydrogens (tertiary/aromatic N) is 1.